The van der Waals surface area contributed by atoms with Gasteiger partial charge in [-0.2, -0.15) is 5.10 Å². The van der Waals surface area contributed by atoms with Gasteiger partial charge in [-0.05, 0) is 25.5 Å². The molecule has 104 valence electrons. The first kappa shape index (κ1) is 12.6. The zero-order valence-electron chi connectivity index (χ0n) is 11.2. The third-order valence-corrected chi connectivity index (χ3v) is 4.33. The van der Waals surface area contributed by atoms with Crippen LogP contribution in [0.2, 0.25) is 0 Å². The van der Waals surface area contributed by atoms with E-state index < -0.39 is 5.91 Å². The van der Waals surface area contributed by atoms with Crippen molar-refractivity contribution in [1.29, 1.82) is 0 Å². The lowest BCUT2D eigenvalue weighted by Crippen LogP contribution is -2.49. The number of primary amides is 1. The van der Waals surface area contributed by atoms with Gasteiger partial charge in [0.15, 0.2) is 0 Å². The molecule has 0 unspecified atom stereocenters. The molecule has 1 saturated carbocycles. The zero-order valence-corrected chi connectivity index (χ0v) is 11.2. The molecular weight excluding hydrogens is 244 g/mol. The van der Waals surface area contributed by atoms with E-state index in [2.05, 4.69) is 16.9 Å². The van der Waals surface area contributed by atoms with Crippen molar-refractivity contribution in [3.63, 3.8) is 0 Å². The number of nitrogens with zero attached hydrogens (tertiary/aromatic N) is 3. The SMILES string of the molecule is CCN1Cc2cc(C(N)=O)nn2CC2(CC(O)C2)C1. The van der Waals surface area contributed by atoms with Crippen LogP contribution in [0.4, 0.5) is 0 Å². The second-order valence-electron chi connectivity index (χ2n) is 5.91. The molecule has 2 heterocycles. The summed E-state index contributed by atoms with van der Waals surface area (Å²) in [5.41, 5.74) is 6.77. The van der Waals surface area contributed by atoms with Crippen LogP contribution in [0.3, 0.4) is 0 Å². The number of aliphatic hydroxyl groups excluding tert-OH is 1. The maximum atomic E-state index is 11.2. The lowest BCUT2D eigenvalue weighted by Gasteiger charge is -2.46. The molecule has 1 aliphatic heterocycles. The molecule has 0 atom stereocenters. The van der Waals surface area contributed by atoms with Gasteiger partial charge in [0.2, 0.25) is 0 Å². The van der Waals surface area contributed by atoms with E-state index in [1.165, 1.54) is 0 Å². The summed E-state index contributed by atoms with van der Waals surface area (Å²) >= 11 is 0. The van der Waals surface area contributed by atoms with Gasteiger partial charge in [-0.3, -0.25) is 14.4 Å². The molecular formula is C13H20N4O2. The Hall–Kier alpha value is -1.40. The highest BCUT2D eigenvalue weighted by Gasteiger charge is 2.46. The van der Waals surface area contributed by atoms with E-state index in [1.807, 2.05) is 4.68 Å². The summed E-state index contributed by atoms with van der Waals surface area (Å²) in [5.74, 6) is -0.480. The average molecular weight is 264 g/mol. The summed E-state index contributed by atoms with van der Waals surface area (Å²) in [7, 11) is 0. The summed E-state index contributed by atoms with van der Waals surface area (Å²) in [6, 6.07) is 1.79. The van der Waals surface area contributed by atoms with Crippen molar-refractivity contribution < 1.29 is 9.90 Å². The van der Waals surface area contributed by atoms with Gasteiger partial charge >= 0.3 is 0 Å². The van der Waals surface area contributed by atoms with Gasteiger partial charge in [0.25, 0.3) is 5.91 Å². The fourth-order valence-electron chi connectivity index (χ4n) is 3.39. The first-order valence-corrected chi connectivity index (χ1v) is 6.78. The topological polar surface area (TPSA) is 84.4 Å². The van der Waals surface area contributed by atoms with Gasteiger partial charge in [-0.25, -0.2) is 0 Å². The molecule has 1 amide bonds. The molecule has 3 N–H and O–H groups in total. The molecule has 6 nitrogen and oxygen atoms in total. The Bertz CT molecular complexity index is 505. The maximum absolute atomic E-state index is 11.2. The van der Waals surface area contributed by atoms with Gasteiger partial charge in [0.1, 0.15) is 5.69 Å². The van der Waals surface area contributed by atoms with Crippen LogP contribution in [0.15, 0.2) is 6.07 Å². The highest BCUT2D eigenvalue weighted by atomic mass is 16.3. The Labute approximate surface area is 112 Å². The Balaban J connectivity index is 1.93. The van der Waals surface area contributed by atoms with E-state index in [0.717, 1.165) is 44.7 Å². The van der Waals surface area contributed by atoms with Crippen molar-refractivity contribution >= 4 is 5.91 Å². The first-order valence-electron chi connectivity index (χ1n) is 6.78. The van der Waals surface area contributed by atoms with Gasteiger partial charge in [-0.1, -0.05) is 6.92 Å². The van der Waals surface area contributed by atoms with E-state index in [0.29, 0.717) is 5.69 Å². The molecule has 3 rings (SSSR count). The number of carbonyl (C=O) groups excluding carboxylic acids is 1. The van der Waals surface area contributed by atoms with Gasteiger partial charge < -0.3 is 10.8 Å². The molecule has 0 saturated heterocycles. The van der Waals surface area contributed by atoms with Crippen molar-refractivity contribution in [2.75, 3.05) is 13.1 Å². The third kappa shape index (κ3) is 2.15. The summed E-state index contributed by atoms with van der Waals surface area (Å²) < 4.78 is 1.90. The van der Waals surface area contributed by atoms with Crippen LogP contribution in [-0.2, 0) is 13.1 Å². The molecule has 0 radical (unpaired) electrons. The number of hydrogen-bond donors (Lipinski definition) is 2. The van der Waals surface area contributed by atoms with Gasteiger partial charge in [-0.15, -0.1) is 0 Å². The summed E-state index contributed by atoms with van der Waals surface area (Å²) in [4.78, 5) is 13.6. The third-order valence-electron chi connectivity index (χ3n) is 4.33. The highest BCUT2D eigenvalue weighted by Crippen LogP contribution is 2.44. The highest BCUT2D eigenvalue weighted by molar-refractivity contribution is 5.90. The Morgan fingerprint density at radius 3 is 2.89 bits per heavy atom. The summed E-state index contributed by atoms with van der Waals surface area (Å²) in [5, 5.41) is 14.0. The average Bonchev–Trinajstić information content (AvgIpc) is 2.63. The van der Waals surface area contributed by atoms with Crippen LogP contribution in [0, 0.1) is 5.41 Å². The number of amides is 1. The molecule has 1 fully saturated rings. The summed E-state index contributed by atoms with van der Waals surface area (Å²) in [6.45, 7) is 5.62. The van der Waals surface area contributed by atoms with Crippen LogP contribution in [-0.4, -0.2) is 44.9 Å². The lowest BCUT2D eigenvalue weighted by atomic mass is 9.66. The molecule has 0 bridgehead atoms. The van der Waals surface area contributed by atoms with Gasteiger partial charge in [0.05, 0.1) is 11.8 Å². The lowest BCUT2D eigenvalue weighted by molar-refractivity contribution is -0.0582. The number of hydrogen-bond acceptors (Lipinski definition) is 4. The van der Waals surface area contributed by atoms with Crippen LogP contribution in [0.1, 0.15) is 35.9 Å². The molecule has 0 aromatic carbocycles. The van der Waals surface area contributed by atoms with Crippen LogP contribution in [0.5, 0.6) is 0 Å². The number of rotatable bonds is 2. The van der Waals surface area contributed by atoms with E-state index in [9.17, 15) is 9.90 Å². The standard InChI is InChI=1S/C13H20N4O2/c1-2-16-6-9-3-11(12(14)19)15-17(9)8-13(7-16)4-10(18)5-13/h3,10,18H,2,4-8H2,1H3,(H2,14,19). The molecule has 19 heavy (non-hydrogen) atoms. The maximum Gasteiger partial charge on any atom is 0.269 e. The molecule has 1 aromatic rings. The Kier molecular flexibility index (Phi) is 2.87. The van der Waals surface area contributed by atoms with E-state index in [-0.39, 0.29) is 11.5 Å². The normalized spacial score (nSPS) is 30.7. The minimum atomic E-state index is -0.480. The number of carbonyl (C=O) groups is 1. The van der Waals surface area contributed by atoms with Crippen molar-refractivity contribution in [3.8, 4) is 0 Å². The molecule has 1 aliphatic carbocycles. The minimum absolute atomic E-state index is 0.0988. The monoisotopic (exact) mass is 264 g/mol. The van der Waals surface area contributed by atoms with Crippen molar-refractivity contribution in [2.24, 2.45) is 11.1 Å². The van der Waals surface area contributed by atoms with Crippen LogP contribution < -0.4 is 5.73 Å². The molecule has 2 aliphatic rings. The molecule has 1 aromatic heterocycles. The minimum Gasteiger partial charge on any atom is -0.393 e. The molecule has 6 heteroatoms. The smallest absolute Gasteiger partial charge is 0.269 e. The van der Waals surface area contributed by atoms with Crippen molar-refractivity contribution in [1.82, 2.24) is 14.7 Å². The first-order chi connectivity index (χ1) is 9.01. The largest absolute Gasteiger partial charge is 0.393 e. The number of aliphatic hydroxyl groups is 1. The van der Waals surface area contributed by atoms with E-state index in [4.69, 9.17) is 5.73 Å². The number of fused-ring (bicyclic) bond motifs is 1. The predicted molar refractivity (Wildman–Crippen MR) is 69.4 cm³/mol. The van der Waals surface area contributed by atoms with Gasteiger partial charge in [0, 0.05) is 25.0 Å². The predicted octanol–water partition coefficient (Wildman–Crippen LogP) is -0.0414. The van der Waals surface area contributed by atoms with Crippen LogP contribution in [0.25, 0.3) is 0 Å². The quantitative estimate of drug-likeness (QED) is 0.785. The number of nitrogens with two attached hydrogens (primary N) is 1. The van der Waals surface area contributed by atoms with E-state index in [1.54, 1.807) is 6.07 Å². The second-order valence-corrected chi connectivity index (χ2v) is 5.91. The van der Waals surface area contributed by atoms with Crippen molar-refractivity contribution in [3.05, 3.63) is 17.5 Å². The summed E-state index contributed by atoms with van der Waals surface area (Å²) in [6.07, 6.45) is 1.44. The fraction of sp³-hybridized carbons (Fsp3) is 0.692. The van der Waals surface area contributed by atoms with Crippen molar-refractivity contribution in [2.45, 2.75) is 39.0 Å². The Morgan fingerprint density at radius 1 is 1.58 bits per heavy atom. The van der Waals surface area contributed by atoms with Crippen LogP contribution >= 0.6 is 0 Å². The van der Waals surface area contributed by atoms with E-state index >= 15 is 0 Å². The fourth-order valence-corrected chi connectivity index (χ4v) is 3.39. The zero-order chi connectivity index (χ0) is 13.6. The second kappa shape index (κ2) is 4.31. The number of aromatic nitrogens is 2. The Morgan fingerprint density at radius 2 is 2.32 bits per heavy atom. The molecule has 1 spiro atoms.